The molecule has 0 aromatic carbocycles. The van der Waals surface area contributed by atoms with Gasteiger partial charge in [0.05, 0.1) is 6.10 Å². The molecule has 106 valence electrons. The van der Waals surface area contributed by atoms with E-state index < -0.39 is 0 Å². The van der Waals surface area contributed by atoms with Gasteiger partial charge in [-0.3, -0.25) is 4.98 Å². The average Bonchev–Trinajstić information content (AvgIpc) is 2.87. The summed E-state index contributed by atoms with van der Waals surface area (Å²) < 4.78 is 5.44. The first-order chi connectivity index (χ1) is 9.20. The summed E-state index contributed by atoms with van der Waals surface area (Å²) in [6.07, 6.45) is 5.33. The Morgan fingerprint density at radius 1 is 1.53 bits per heavy atom. The Morgan fingerprint density at radius 2 is 2.37 bits per heavy atom. The highest BCUT2D eigenvalue weighted by Crippen LogP contribution is 2.24. The summed E-state index contributed by atoms with van der Waals surface area (Å²) in [5, 5.41) is 3.49. The van der Waals surface area contributed by atoms with Gasteiger partial charge in [0.15, 0.2) is 0 Å². The van der Waals surface area contributed by atoms with Gasteiger partial charge in [0.25, 0.3) is 0 Å². The van der Waals surface area contributed by atoms with Crippen molar-refractivity contribution in [2.45, 2.75) is 32.9 Å². The number of nitrogens with zero attached hydrogens (tertiary/aromatic N) is 2. The monoisotopic (exact) mass is 263 g/mol. The van der Waals surface area contributed by atoms with E-state index in [0.29, 0.717) is 12.0 Å². The molecule has 19 heavy (non-hydrogen) atoms. The molecule has 1 saturated heterocycles. The van der Waals surface area contributed by atoms with Crippen LogP contribution in [0.25, 0.3) is 0 Å². The maximum Gasteiger partial charge on any atom is 0.0762 e. The molecule has 1 aliphatic heterocycles. The molecule has 0 amide bonds. The van der Waals surface area contributed by atoms with E-state index in [0.717, 1.165) is 32.6 Å². The Labute approximate surface area is 116 Å². The molecule has 2 heterocycles. The lowest BCUT2D eigenvalue weighted by Crippen LogP contribution is -2.25. The third-order valence-electron chi connectivity index (χ3n) is 3.56. The number of rotatable bonds is 6. The molecule has 4 heteroatoms. The second-order valence-electron chi connectivity index (χ2n) is 5.62. The van der Waals surface area contributed by atoms with Crippen LogP contribution in [0.3, 0.4) is 0 Å². The Balaban J connectivity index is 2.00. The molecule has 1 aromatic heterocycles. The topological polar surface area (TPSA) is 37.4 Å². The van der Waals surface area contributed by atoms with Gasteiger partial charge in [-0.1, -0.05) is 13.8 Å². The highest BCUT2D eigenvalue weighted by atomic mass is 16.5. The molecule has 1 atom stereocenters. The molecule has 0 radical (unpaired) electrons. The van der Waals surface area contributed by atoms with Crippen LogP contribution in [-0.4, -0.2) is 37.8 Å². The van der Waals surface area contributed by atoms with Gasteiger partial charge in [-0.05, 0) is 24.9 Å². The highest BCUT2D eigenvalue weighted by molar-refractivity contribution is 5.53. The van der Waals surface area contributed by atoms with E-state index in [1.54, 1.807) is 7.11 Å². The molecule has 1 N–H and O–H groups in total. The molecule has 0 spiro atoms. The van der Waals surface area contributed by atoms with Gasteiger partial charge in [-0.15, -0.1) is 0 Å². The van der Waals surface area contributed by atoms with Crippen LogP contribution >= 0.6 is 0 Å². The zero-order chi connectivity index (χ0) is 13.7. The largest absolute Gasteiger partial charge is 0.380 e. The summed E-state index contributed by atoms with van der Waals surface area (Å²) in [5.41, 5.74) is 2.57. The molecule has 0 saturated carbocycles. The Hall–Kier alpha value is -1.13. The molecule has 4 nitrogen and oxygen atoms in total. The summed E-state index contributed by atoms with van der Waals surface area (Å²) in [5.74, 6) is 0.671. The van der Waals surface area contributed by atoms with Crippen LogP contribution in [0.4, 0.5) is 5.69 Å². The van der Waals surface area contributed by atoms with Gasteiger partial charge in [0.2, 0.25) is 0 Å². The zero-order valence-corrected chi connectivity index (χ0v) is 12.2. The molecule has 1 unspecified atom stereocenters. The number of hydrogen-bond acceptors (Lipinski definition) is 4. The van der Waals surface area contributed by atoms with Crippen molar-refractivity contribution in [2.75, 3.05) is 31.6 Å². The standard InChI is InChI=1S/C15H25N3O/c1-12(2)8-17-10-13-9-16-6-4-15(13)18-7-5-14(11-18)19-3/h4,6,9,12,14,17H,5,7-8,10-11H2,1-3H3. The van der Waals surface area contributed by atoms with Gasteiger partial charge in [0, 0.05) is 50.4 Å². The fraction of sp³-hybridized carbons (Fsp3) is 0.667. The SMILES string of the molecule is COC1CCN(c2ccncc2CNCC(C)C)C1. The number of aromatic nitrogens is 1. The molecular formula is C15H25N3O. The summed E-state index contributed by atoms with van der Waals surface area (Å²) in [6.45, 7) is 8.42. The minimum absolute atomic E-state index is 0.365. The van der Waals surface area contributed by atoms with Gasteiger partial charge in [0.1, 0.15) is 0 Å². The third kappa shape index (κ3) is 3.91. The van der Waals surface area contributed by atoms with Crippen LogP contribution in [0, 0.1) is 5.92 Å². The zero-order valence-electron chi connectivity index (χ0n) is 12.2. The van der Waals surface area contributed by atoms with Crippen LogP contribution in [0.5, 0.6) is 0 Å². The van der Waals surface area contributed by atoms with Crippen LogP contribution in [0.2, 0.25) is 0 Å². The first-order valence-electron chi connectivity index (χ1n) is 7.12. The van der Waals surface area contributed by atoms with Crippen molar-refractivity contribution in [3.8, 4) is 0 Å². The fourth-order valence-electron chi connectivity index (χ4n) is 2.50. The van der Waals surface area contributed by atoms with E-state index in [9.17, 15) is 0 Å². The van der Waals surface area contributed by atoms with Crippen LogP contribution in [0.15, 0.2) is 18.5 Å². The maximum absolute atomic E-state index is 5.44. The van der Waals surface area contributed by atoms with Crippen LogP contribution in [0.1, 0.15) is 25.8 Å². The van der Waals surface area contributed by atoms with Crippen molar-refractivity contribution in [3.63, 3.8) is 0 Å². The van der Waals surface area contributed by atoms with E-state index in [1.807, 2.05) is 12.4 Å². The quantitative estimate of drug-likeness (QED) is 0.852. The van der Waals surface area contributed by atoms with Crippen LogP contribution < -0.4 is 10.2 Å². The molecular weight excluding hydrogens is 238 g/mol. The van der Waals surface area contributed by atoms with Gasteiger partial charge < -0.3 is 15.0 Å². The first-order valence-corrected chi connectivity index (χ1v) is 7.12. The van der Waals surface area contributed by atoms with E-state index in [-0.39, 0.29) is 0 Å². The van der Waals surface area contributed by atoms with Gasteiger partial charge >= 0.3 is 0 Å². The molecule has 1 fully saturated rings. The van der Waals surface area contributed by atoms with Gasteiger partial charge in [-0.25, -0.2) is 0 Å². The molecule has 1 aromatic rings. The Kier molecular flexibility index (Phi) is 5.16. The number of pyridine rings is 1. The number of ether oxygens (including phenoxy) is 1. The van der Waals surface area contributed by atoms with Crippen molar-refractivity contribution < 1.29 is 4.74 Å². The summed E-state index contributed by atoms with van der Waals surface area (Å²) in [4.78, 5) is 6.66. The normalized spacial score (nSPS) is 19.4. The maximum atomic E-state index is 5.44. The lowest BCUT2D eigenvalue weighted by atomic mass is 10.2. The lowest BCUT2D eigenvalue weighted by Gasteiger charge is -2.22. The molecule has 0 aliphatic carbocycles. The van der Waals surface area contributed by atoms with E-state index >= 15 is 0 Å². The third-order valence-corrected chi connectivity index (χ3v) is 3.56. The lowest BCUT2D eigenvalue weighted by molar-refractivity contribution is 0.121. The molecule has 1 aliphatic rings. The molecule has 2 rings (SSSR count). The summed E-state index contributed by atoms with van der Waals surface area (Å²) >= 11 is 0. The second kappa shape index (κ2) is 6.87. The summed E-state index contributed by atoms with van der Waals surface area (Å²) in [6, 6.07) is 2.12. The number of anilines is 1. The van der Waals surface area contributed by atoms with Gasteiger partial charge in [-0.2, -0.15) is 0 Å². The predicted molar refractivity (Wildman–Crippen MR) is 78.4 cm³/mol. The Morgan fingerprint density at radius 3 is 3.05 bits per heavy atom. The number of nitrogens with one attached hydrogen (secondary N) is 1. The number of methoxy groups -OCH3 is 1. The fourth-order valence-corrected chi connectivity index (χ4v) is 2.50. The predicted octanol–water partition coefficient (Wildman–Crippen LogP) is 2.05. The minimum Gasteiger partial charge on any atom is -0.380 e. The van der Waals surface area contributed by atoms with E-state index in [1.165, 1.54) is 11.3 Å². The van der Waals surface area contributed by atoms with Crippen molar-refractivity contribution in [1.82, 2.24) is 10.3 Å². The van der Waals surface area contributed by atoms with E-state index in [4.69, 9.17) is 4.74 Å². The smallest absolute Gasteiger partial charge is 0.0762 e. The highest BCUT2D eigenvalue weighted by Gasteiger charge is 2.23. The molecule has 0 bridgehead atoms. The number of hydrogen-bond donors (Lipinski definition) is 1. The minimum atomic E-state index is 0.365. The second-order valence-corrected chi connectivity index (χ2v) is 5.62. The first kappa shape index (κ1) is 14.3. The van der Waals surface area contributed by atoms with Crippen molar-refractivity contribution in [1.29, 1.82) is 0 Å². The Bertz CT molecular complexity index is 395. The van der Waals surface area contributed by atoms with Crippen molar-refractivity contribution in [3.05, 3.63) is 24.0 Å². The van der Waals surface area contributed by atoms with E-state index in [2.05, 4.69) is 35.1 Å². The van der Waals surface area contributed by atoms with Crippen molar-refractivity contribution >= 4 is 5.69 Å². The van der Waals surface area contributed by atoms with Crippen molar-refractivity contribution in [2.24, 2.45) is 5.92 Å². The summed E-state index contributed by atoms with van der Waals surface area (Å²) in [7, 11) is 1.80. The van der Waals surface area contributed by atoms with Crippen LogP contribution in [-0.2, 0) is 11.3 Å². The average molecular weight is 263 g/mol.